The molecule has 27 heavy (non-hydrogen) atoms. The maximum atomic E-state index is 2.55. The third-order valence-electron chi connectivity index (χ3n) is 6.68. The first kappa shape index (κ1) is 27.0. The summed E-state index contributed by atoms with van der Waals surface area (Å²) in [5.74, 6) is 2.75. The van der Waals surface area contributed by atoms with Gasteiger partial charge in [-0.05, 0) is 36.0 Å². The smallest absolute Gasteiger partial charge is 0.0351 e. The quantitative estimate of drug-likeness (QED) is 0.195. The first-order valence-electron chi connectivity index (χ1n) is 12.8. The molecule has 0 spiro atoms. The molecule has 0 aromatic heterocycles. The van der Waals surface area contributed by atoms with Crippen LogP contribution in [0.15, 0.2) is 0 Å². The molecule has 0 aliphatic carbocycles. The minimum absolute atomic E-state index is 0.540. The summed E-state index contributed by atoms with van der Waals surface area (Å²) in [4.78, 5) is 0. The summed E-state index contributed by atoms with van der Waals surface area (Å²) >= 11 is 0. The zero-order valence-corrected chi connectivity index (χ0v) is 20.5. The van der Waals surface area contributed by atoms with Gasteiger partial charge in [-0.25, -0.2) is 0 Å². The molecule has 0 aliphatic rings. The van der Waals surface area contributed by atoms with Gasteiger partial charge in [0.05, 0.1) is 0 Å². The number of unbranched alkanes of at least 4 members (excludes halogenated alkanes) is 8. The molecule has 0 radical (unpaired) electrons. The standard InChI is InChI=1S/C27H56/c1-8-10-11-18-22-27(6,7)23-26(19-9-2)25(5)21-17-15-13-12-14-16-20-24(3)4/h24-26H,8-23H2,1-7H3. The number of hydrogen-bond acceptors (Lipinski definition) is 0. The maximum Gasteiger partial charge on any atom is -0.0351 e. The van der Waals surface area contributed by atoms with Crippen molar-refractivity contribution in [3.8, 4) is 0 Å². The van der Waals surface area contributed by atoms with Crippen LogP contribution >= 0.6 is 0 Å². The van der Waals surface area contributed by atoms with Gasteiger partial charge in [0, 0.05) is 0 Å². The maximum absolute atomic E-state index is 2.55. The van der Waals surface area contributed by atoms with Crippen LogP contribution < -0.4 is 0 Å². The molecule has 2 unspecified atom stereocenters. The van der Waals surface area contributed by atoms with Crippen LogP contribution in [0.25, 0.3) is 0 Å². The summed E-state index contributed by atoms with van der Waals surface area (Å²) in [5, 5.41) is 0. The zero-order chi connectivity index (χ0) is 20.5. The molecule has 0 bridgehead atoms. The zero-order valence-electron chi connectivity index (χ0n) is 20.5. The van der Waals surface area contributed by atoms with Gasteiger partial charge >= 0.3 is 0 Å². The Kier molecular flexibility index (Phi) is 16.9. The van der Waals surface area contributed by atoms with Crippen LogP contribution in [0.4, 0.5) is 0 Å². The Labute approximate surface area is 174 Å². The van der Waals surface area contributed by atoms with Crippen molar-refractivity contribution in [1.82, 2.24) is 0 Å². The number of hydrogen-bond donors (Lipinski definition) is 0. The molecule has 0 saturated heterocycles. The van der Waals surface area contributed by atoms with Crippen molar-refractivity contribution >= 4 is 0 Å². The normalized spacial score (nSPS) is 14.7. The van der Waals surface area contributed by atoms with Crippen molar-refractivity contribution < 1.29 is 0 Å². The first-order valence-corrected chi connectivity index (χ1v) is 12.8. The van der Waals surface area contributed by atoms with Gasteiger partial charge in [-0.1, -0.05) is 138 Å². The molecule has 0 aliphatic heterocycles. The SMILES string of the molecule is CCCCCCC(C)(C)CC(CCC)C(C)CCCCCCCCC(C)C. The Morgan fingerprint density at radius 1 is 0.593 bits per heavy atom. The highest BCUT2D eigenvalue weighted by Crippen LogP contribution is 2.37. The second-order valence-electron chi connectivity index (χ2n) is 10.8. The van der Waals surface area contributed by atoms with Crippen LogP contribution in [0.1, 0.15) is 151 Å². The van der Waals surface area contributed by atoms with E-state index in [1.54, 1.807) is 0 Å². The summed E-state index contributed by atoms with van der Waals surface area (Å²) in [7, 11) is 0. The van der Waals surface area contributed by atoms with Gasteiger partial charge in [0.2, 0.25) is 0 Å². The summed E-state index contributed by atoms with van der Waals surface area (Å²) in [6.07, 6.45) is 23.0. The van der Waals surface area contributed by atoms with Crippen LogP contribution in [0.3, 0.4) is 0 Å². The van der Waals surface area contributed by atoms with E-state index in [4.69, 9.17) is 0 Å². The lowest BCUT2D eigenvalue weighted by Crippen LogP contribution is -2.22. The lowest BCUT2D eigenvalue weighted by molar-refractivity contribution is 0.180. The van der Waals surface area contributed by atoms with Crippen LogP contribution in [0.5, 0.6) is 0 Å². The van der Waals surface area contributed by atoms with Crippen LogP contribution in [-0.4, -0.2) is 0 Å². The van der Waals surface area contributed by atoms with Gasteiger partial charge in [0.1, 0.15) is 0 Å². The Hall–Kier alpha value is 0. The van der Waals surface area contributed by atoms with E-state index in [9.17, 15) is 0 Å². The predicted molar refractivity (Wildman–Crippen MR) is 126 cm³/mol. The summed E-state index contributed by atoms with van der Waals surface area (Å²) < 4.78 is 0. The molecule has 0 nitrogen and oxygen atoms in total. The average molecular weight is 381 g/mol. The molecule has 0 saturated carbocycles. The van der Waals surface area contributed by atoms with Crippen molar-refractivity contribution in [3.63, 3.8) is 0 Å². The predicted octanol–water partition coefficient (Wildman–Crippen LogP) is 10.2. The highest BCUT2D eigenvalue weighted by molar-refractivity contribution is 4.77. The van der Waals surface area contributed by atoms with Gasteiger partial charge in [-0.15, -0.1) is 0 Å². The van der Waals surface area contributed by atoms with E-state index < -0.39 is 0 Å². The molecular formula is C27H56. The van der Waals surface area contributed by atoms with Crippen LogP contribution in [0, 0.1) is 23.2 Å². The lowest BCUT2D eigenvalue weighted by atomic mass is 9.72. The molecule has 0 aromatic carbocycles. The highest BCUT2D eigenvalue weighted by atomic mass is 14.3. The van der Waals surface area contributed by atoms with E-state index in [-0.39, 0.29) is 0 Å². The van der Waals surface area contributed by atoms with Gasteiger partial charge < -0.3 is 0 Å². The summed E-state index contributed by atoms with van der Waals surface area (Å²) in [6, 6.07) is 0. The average Bonchev–Trinajstić information content (AvgIpc) is 2.60. The summed E-state index contributed by atoms with van der Waals surface area (Å²) in [6.45, 7) is 17.0. The van der Waals surface area contributed by atoms with Crippen molar-refractivity contribution in [1.29, 1.82) is 0 Å². The minimum atomic E-state index is 0.540. The van der Waals surface area contributed by atoms with Gasteiger partial charge in [-0.2, -0.15) is 0 Å². The summed E-state index contributed by atoms with van der Waals surface area (Å²) in [5.41, 5.74) is 0.540. The van der Waals surface area contributed by atoms with Crippen molar-refractivity contribution in [2.24, 2.45) is 23.2 Å². The Balaban J connectivity index is 4.03. The highest BCUT2D eigenvalue weighted by Gasteiger charge is 2.25. The molecule has 0 heterocycles. The molecule has 0 N–H and O–H groups in total. The second kappa shape index (κ2) is 16.9. The fraction of sp³-hybridized carbons (Fsp3) is 1.00. The molecular weight excluding hydrogens is 324 g/mol. The Morgan fingerprint density at radius 3 is 1.70 bits per heavy atom. The van der Waals surface area contributed by atoms with Crippen LogP contribution in [0.2, 0.25) is 0 Å². The fourth-order valence-corrected chi connectivity index (χ4v) is 4.76. The monoisotopic (exact) mass is 380 g/mol. The largest absolute Gasteiger partial charge is 0.0654 e. The van der Waals surface area contributed by atoms with Crippen molar-refractivity contribution in [2.45, 2.75) is 151 Å². The van der Waals surface area contributed by atoms with Gasteiger partial charge in [0.15, 0.2) is 0 Å². The van der Waals surface area contributed by atoms with E-state index in [0.717, 1.165) is 17.8 Å². The molecule has 0 fully saturated rings. The van der Waals surface area contributed by atoms with Crippen LogP contribution in [-0.2, 0) is 0 Å². The Bertz CT molecular complexity index is 301. The van der Waals surface area contributed by atoms with E-state index in [1.807, 2.05) is 0 Å². The van der Waals surface area contributed by atoms with Crippen molar-refractivity contribution in [3.05, 3.63) is 0 Å². The first-order chi connectivity index (χ1) is 12.8. The van der Waals surface area contributed by atoms with E-state index in [1.165, 1.54) is 103 Å². The molecule has 0 rings (SSSR count). The molecule has 0 amide bonds. The van der Waals surface area contributed by atoms with Crippen molar-refractivity contribution in [2.75, 3.05) is 0 Å². The molecule has 0 heteroatoms. The third-order valence-corrected chi connectivity index (χ3v) is 6.68. The van der Waals surface area contributed by atoms with E-state index >= 15 is 0 Å². The minimum Gasteiger partial charge on any atom is -0.0654 e. The molecule has 164 valence electrons. The topological polar surface area (TPSA) is 0 Å². The lowest BCUT2D eigenvalue weighted by Gasteiger charge is -2.33. The van der Waals surface area contributed by atoms with E-state index in [2.05, 4.69) is 48.5 Å². The van der Waals surface area contributed by atoms with E-state index in [0.29, 0.717) is 5.41 Å². The van der Waals surface area contributed by atoms with Gasteiger partial charge in [-0.3, -0.25) is 0 Å². The molecule has 2 atom stereocenters. The second-order valence-corrected chi connectivity index (χ2v) is 10.8. The molecule has 0 aromatic rings. The fourth-order valence-electron chi connectivity index (χ4n) is 4.76. The van der Waals surface area contributed by atoms with Gasteiger partial charge in [0.25, 0.3) is 0 Å². The Morgan fingerprint density at radius 2 is 1.15 bits per heavy atom. The number of rotatable bonds is 19. The third kappa shape index (κ3) is 16.6.